The number of allylic oxidation sites excluding steroid dienone is 12. The van der Waals surface area contributed by atoms with E-state index < -0.39 is 6.10 Å². The highest BCUT2D eigenvalue weighted by molar-refractivity contribution is 5.69. The quantitative estimate of drug-likeness (QED) is 0.0432. The minimum Gasteiger partial charge on any atom is -0.457 e. The molecule has 264 valence electrons. The normalized spacial score (nSPS) is 13.2. The van der Waals surface area contributed by atoms with Gasteiger partial charge in [-0.2, -0.15) is 0 Å². The molecule has 1 atom stereocenters. The molecule has 0 saturated heterocycles. The Kier molecular flexibility index (Phi) is 37.2. The van der Waals surface area contributed by atoms with Crippen LogP contribution in [0.15, 0.2) is 72.9 Å². The van der Waals surface area contributed by atoms with Crippen LogP contribution >= 0.6 is 0 Å². The fourth-order valence-electron chi connectivity index (χ4n) is 4.98. The van der Waals surface area contributed by atoms with E-state index in [4.69, 9.17) is 9.47 Å². The minimum atomic E-state index is -0.552. The molecule has 0 aliphatic rings. The van der Waals surface area contributed by atoms with Crippen LogP contribution in [0.1, 0.15) is 162 Å². The molecule has 1 N–H and O–H groups in total. The van der Waals surface area contributed by atoms with Gasteiger partial charge in [-0.25, -0.2) is 0 Å². The van der Waals surface area contributed by atoms with Gasteiger partial charge in [0.1, 0.15) is 6.10 Å². The summed E-state index contributed by atoms with van der Waals surface area (Å²) in [7, 11) is 0. The monoisotopic (exact) mass is 641 g/mol. The number of esters is 1. The first kappa shape index (κ1) is 43.8. The number of carbonyl (C=O) groups excluding carboxylic acids is 1. The number of unbranched alkanes of at least 4 members (excludes halogenated alkanes) is 14. The predicted molar refractivity (Wildman–Crippen MR) is 200 cm³/mol. The molecular weight excluding hydrogens is 568 g/mol. The van der Waals surface area contributed by atoms with Gasteiger partial charge in [0.25, 0.3) is 0 Å². The minimum absolute atomic E-state index is 0.188. The third-order valence-corrected chi connectivity index (χ3v) is 7.80. The van der Waals surface area contributed by atoms with Gasteiger partial charge < -0.3 is 14.6 Å². The van der Waals surface area contributed by atoms with Crippen LogP contribution in [0.4, 0.5) is 0 Å². The molecule has 0 aromatic heterocycles. The molecular formula is C42H72O4. The summed E-state index contributed by atoms with van der Waals surface area (Å²) in [5.41, 5.74) is 0. The molecule has 0 bridgehead atoms. The zero-order valence-corrected chi connectivity index (χ0v) is 30.1. The van der Waals surface area contributed by atoms with Crippen molar-refractivity contribution in [2.75, 3.05) is 19.8 Å². The SMILES string of the molecule is CC/C=C\C/C=C\C/C=C\C/C=C\C/C=C\C/C=C\CCCCCOCC(CO)OC(=O)CCCCCCCCCCCCCC. The van der Waals surface area contributed by atoms with Crippen LogP contribution < -0.4 is 0 Å². The summed E-state index contributed by atoms with van der Waals surface area (Å²) in [6.45, 7) is 5.14. The lowest BCUT2D eigenvalue weighted by molar-refractivity contribution is -0.154. The third-order valence-electron chi connectivity index (χ3n) is 7.80. The fourth-order valence-corrected chi connectivity index (χ4v) is 4.98. The molecule has 0 aromatic rings. The van der Waals surface area contributed by atoms with Gasteiger partial charge in [0.05, 0.1) is 13.2 Å². The van der Waals surface area contributed by atoms with Gasteiger partial charge in [-0.05, 0) is 64.2 Å². The first-order valence-electron chi connectivity index (χ1n) is 19.0. The van der Waals surface area contributed by atoms with Crippen LogP contribution in [0.3, 0.4) is 0 Å². The Morgan fingerprint density at radius 1 is 0.543 bits per heavy atom. The molecule has 0 aliphatic carbocycles. The Morgan fingerprint density at radius 2 is 0.978 bits per heavy atom. The summed E-state index contributed by atoms with van der Waals surface area (Å²) < 4.78 is 11.1. The topological polar surface area (TPSA) is 55.8 Å². The van der Waals surface area contributed by atoms with Crippen molar-refractivity contribution in [3.63, 3.8) is 0 Å². The second kappa shape index (κ2) is 39.0. The number of ether oxygens (including phenoxy) is 2. The predicted octanol–water partition coefficient (Wildman–Crippen LogP) is 12.3. The molecule has 0 aromatic carbocycles. The van der Waals surface area contributed by atoms with Crippen molar-refractivity contribution in [3.05, 3.63) is 72.9 Å². The second-order valence-electron chi connectivity index (χ2n) is 12.3. The number of hydrogen-bond acceptors (Lipinski definition) is 4. The molecule has 1 unspecified atom stereocenters. The van der Waals surface area contributed by atoms with Crippen molar-refractivity contribution >= 4 is 5.97 Å². The van der Waals surface area contributed by atoms with Gasteiger partial charge in [0.15, 0.2) is 0 Å². The Balaban J connectivity index is 3.56. The maximum atomic E-state index is 12.1. The maximum Gasteiger partial charge on any atom is 0.306 e. The first-order valence-corrected chi connectivity index (χ1v) is 19.0. The zero-order chi connectivity index (χ0) is 33.4. The standard InChI is InChI=1S/C42H72O4/c1-3-5-7-9-11-13-15-17-18-19-20-21-22-23-24-25-26-28-30-32-34-36-38-45-40-41(39-43)46-42(44)37-35-33-31-29-27-16-14-12-10-8-6-4-2/h5,7,11,13,17-18,20-21,23-24,26,28,41,43H,3-4,6,8-10,12,14-16,19,22,25,27,29-40H2,1-2H3/b7-5-,13-11-,18-17-,21-20-,24-23-,28-26-. The van der Waals surface area contributed by atoms with Crippen LogP contribution in [0.2, 0.25) is 0 Å². The van der Waals surface area contributed by atoms with Crippen molar-refractivity contribution in [2.45, 2.75) is 168 Å². The molecule has 4 nitrogen and oxygen atoms in total. The fraction of sp³-hybridized carbons (Fsp3) is 0.690. The largest absolute Gasteiger partial charge is 0.457 e. The molecule has 4 heteroatoms. The van der Waals surface area contributed by atoms with Crippen molar-refractivity contribution in [2.24, 2.45) is 0 Å². The lowest BCUT2D eigenvalue weighted by Gasteiger charge is -2.15. The summed E-state index contributed by atoms with van der Waals surface area (Å²) in [4.78, 5) is 12.1. The van der Waals surface area contributed by atoms with Crippen LogP contribution in [0, 0.1) is 0 Å². The van der Waals surface area contributed by atoms with Crippen molar-refractivity contribution in [1.82, 2.24) is 0 Å². The molecule has 0 heterocycles. The van der Waals surface area contributed by atoms with Crippen LogP contribution in [0.5, 0.6) is 0 Å². The molecule has 46 heavy (non-hydrogen) atoms. The Morgan fingerprint density at radius 3 is 1.46 bits per heavy atom. The van der Waals surface area contributed by atoms with E-state index in [0.29, 0.717) is 13.0 Å². The van der Waals surface area contributed by atoms with Crippen molar-refractivity contribution in [3.8, 4) is 0 Å². The average Bonchev–Trinajstić information content (AvgIpc) is 3.06. The van der Waals surface area contributed by atoms with Crippen LogP contribution in [-0.4, -0.2) is 37.0 Å². The number of rotatable bonds is 34. The van der Waals surface area contributed by atoms with E-state index in [1.807, 2.05) is 0 Å². The summed E-state index contributed by atoms with van der Waals surface area (Å²) in [6, 6.07) is 0. The molecule has 0 spiro atoms. The molecule has 0 radical (unpaired) electrons. The highest BCUT2D eigenvalue weighted by Gasteiger charge is 2.13. The Bertz CT molecular complexity index is 804. The number of hydrogen-bond donors (Lipinski definition) is 1. The van der Waals surface area contributed by atoms with Gasteiger partial charge in [-0.15, -0.1) is 0 Å². The highest BCUT2D eigenvalue weighted by atomic mass is 16.6. The molecule has 0 fully saturated rings. The smallest absolute Gasteiger partial charge is 0.306 e. The second-order valence-corrected chi connectivity index (χ2v) is 12.3. The van der Waals surface area contributed by atoms with Crippen LogP contribution in [0.25, 0.3) is 0 Å². The highest BCUT2D eigenvalue weighted by Crippen LogP contribution is 2.13. The van der Waals surface area contributed by atoms with Gasteiger partial charge >= 0.3 is 5.97 Å². The van der Waals surface area contributed by atoms with E-state index in [9.17, 15) is 9.90 Å². The molecule has 0 aliphatic heterocycles. The van der Waals surface area contributed by atoms with E-state index in [0.717, 1.165) is 77.0 Å². The Labute approximate surface area is 285 Å². The van der Waals surface area contributed by atoms with E-state index in [-0.39, 0.29) is 19.2 Å². The summed E-state index contributed by atoms with van der Waals surface area (Å²) in [5, 5.41) is 9.55. The van der Waals surface area contributed by atoms with Crippen LogP contribution in [-0.2, 0) is 14.3 Å². The number of carbonyl (C=O) groups is 1. The summed E-state index contributed by atoms with van der Waals surface area (Å²) in [6.07, 6.45) is 52.3. The maximum absolute atomic E-state index is 12.1. The average molecular weight is 641 g/mol. The number of aliphatic hydroxyl groups excluding tert-OH is 1. The van der Waals surface area contributed by atoms with Crippen molar-refractivity contribution in [1.29, 1.82) is 0 Å². The van der Waals surface area contributed by atoms with Gasteiger partial charge in [-0.3, -0.25) is 4.79 Å². The summed E-state index contributed by atoms with van der Waals surface area (Å²) in [5.74, 6) is -0.217. The van der Waals surface area contributed by atoms with Gasteiger partial charge in [-0.1, -0.05) is 164 Å². The first-order chi connectivity index (χ1) is 22.7. The summed E-state index contributed by atoms with van der Waals surface area (Å²) >= 11 is 0. The van der Waals surface area contributed by atoms with E-state index >= 15 is 0 Å². The van der Waals surface area contributed by atoms with Gasteiger partial charge in [0.2, 0.25) is 0 Å². The van der Waals surface area contributed by atoms with E-state index in [2.05, 4.69) is 86.8 Å². The number of aliphatic hydroxyl groups is 1. The van der Waals surface area contributed by atoms with Gasteiger partial charge in [0, 0.05) is 13.0 Å². The van der Waals surface area contributed by atoms with E-state index in [1.54, 1.807) is 0 Å². The zero-order valence-electron chi connectivity index (χ0n) is 30.1. The third kappa shape index (κ3) is 36.3. The molecule has 0 amide bonds. The van der Waals surface area contributed by atoms with Crippen molar-refractivity contribution < 1.29 is 19.4 Å². The lowest BCUT2D eigenvalue weighted by atomic mass is 10.0. The molecule has 0 saturated carbocycles. The van der Waals surface area contributed by atoms with E-state index in [1.165, 1.54) is 64.2 Å². The Hall–Kier alpha value is -2.17. The molecule has 0 rings (SSSR count). The lowest BCUT2D eigenvalue weighted by Crippen LogP contribution is -2.27.